The summed E-state index contributed by atoms with van der Waals surface area (Å²) in [4.78, 5) is 30.8. The maximum absolute atomic E-state index is 12.9. The summed E-state index contributed by atoms with van der Waals surface area (Å²) in [6.07, 6.45) is 7.19. The summed E-state index contributed by atoms with van der Waals surface area (Å²) < 4.78 is 0. The van der Waals surface area contributed by atoms with Crippen molar-refractivity contribution < 1.29 is 4.79 Å². The number of anilines is 1. The molecule has 1 N–H and O–H groups in total. The lowest BCUT2D eigenvalue weighted by atomic mass is 9.74. The van der Waals surface area contributed by atoms with Crippen molar-refractivity contribution >= 4 is 11.9 Å². The number of nitrogens with zero attached hydrogens (tertiary/aromatic N) is 5. The molecule has 4 rings (SSSR count). The first-order chi connectivity index (χ1) is 12.7. The van der Waals surface area contributed by atoms with Gasteiger partial charge in [0.1, 0.15) is 0 Å². The normalized spacial score (nSPS) is 25.7. The minimum Gasteiger partial charge on any atom is -0.359 e. The summed E-state index contributed by atoms with van der Waals surface area (Å²) in [5.41, 5.74) is 0.599. The van der Waals surface area contributed by atoms with Crippen LogP contribution in [0.15, 0.2) is 42.9 Å². The average molecular weight is 352 g/mol. The first kappa shape index (κ1) is 16.9. The van der Waals surface area contributed by atoms with Crippen molar-refractivity contribution in [3.8, 4) is 0 Å². The van der Waals surface area contributed by atoms with Crippen molar-refractivity contribution in [3.63, 3.8) is 0 Å². The van der Waals surface area contributed by atoms with Crippen molar-refractivity contribution in [1.82, 2.24) is 25.2 Å². The molecule has 0 aromatic carbocycles. The summed E-state index contributed by atoms with van der Waals surface area (Å²) in [7, 11) is 1.73. The van der Waals surface area contributed by atoms with Gasteiger partial charge in [0.2, 0.25) is 11.9 Å². The van der Waals surface area contributed by atoms with E-state index in [9.17, 15) is 4.79 Å². The van der Waals surface area contributed by atoms with Crippen LogP contribution in [-0.2, 0) is 11.3 Å². The molecular weight excluding hydrogens is 328 g/mol. The Morgan fingerprint density at radius 2 is 2.04 bits per heavy atom. The fraction of sp³-hybridized carbons (Fsp3) is 0.474. The van der Waals surface area contributed by atoms with Gasteiger partial charge >= 0.3 is 0 Å². The highest BCUT2D eigenvalue weighted by Crippen LogP contribution is 2.43. The monoisotopic (exact) mass is 352 g/mol. The zero-order valence-corrected chi connectivity index (χ0v) is 15.0. The Labute approximate surface area is 153 Å². The third-order valence-electron chi connectivity index (χ3n) is 5.57. The lowest BCUT2D eigenvalue weighted by Gasteiger charge is -2.44. The second-order valence-electron chi connectivity index (χ2n) is 7.09. The molecule has 26 heavy (non-hydrogen) atoms. The highest BCUT2D eigenvalue weighted by atomic mass is 16.2. The molecule has 136 valence electrons. The first-order valence-corrected chi connectivity index (χ1v) is 9.11. The number of amides is 1. The van der Waals surface area contributed by atoms with Gasteiger partial charge in [-0.3, -0.25) is 14.7 Å². The lowest BCUT2D eigenvalue weighted by Crippen LogP contribution is -2.58. The van der Waals surface area contributed by atoms with Gasteiger partial charge in [0.15, 0.2) is 0 Å². The number of piperidine rings is 1. The maximum atomic E-state index is 12.9. The Kier molecular flexibility index (Phi) is 4.55. The molecule has 2 saturated heterocycles. The number of aromatic nitrogens is 3. The van der Waals surface area contributed by atoms with Crippen molar-refractivity contribution in [2.45, 2.75) is 25.4 Å². The number of rotatable bonds is 4. The van der Waals surface area contributed by atoms with Gasteiger partial charge in [-0.2, -0.15) is 0 Å². The number of carbonyl (C=O) groups excluding carboxylic acids is 1. The van der Waals surface area contributed by atoms with Crippen LogP contribution >= 0.6 is 0 Å². The summed E-state index contributed by atoms with van der Waals surface area (Å²) >= 11 is 0. The number of fused-ring (bicyclic) bond motifs is 1. The van der Waals surface area contributed by atoms with E-state index in [1.54, 1.807) is 19.4 Å². The van der Waals surface area contributed by atoms with Gasteiger partial charge < -0.3 is 10.2 Å². The predicted molar refractivity (Wildman–Crippen MR) is 98.4 cm³/mol. The Balaban J connectivity index is 1.64. The quantitative estimate of drug-likeness (QED) is 0.888. The predicted octanol–water partition coefficient (Wildman–Crippen LogP) is 1.09. The number of pyridine rings is 1. The highest BCUT2D eigenvalue weighted by molar-refractivity contribution is 5.85. The van der Waals surface area contributed by atoms with Gasteiger partial charge in [-0.05, 0) is 31.0 Å². The second kappa shape index (κ2) is 6.99. The molecule has 7 heteroatoms. The van der Waals surface area contributed by atoms with Gasteiger partial charge in [0.25, 0.3) is 0 Å². The van der Waals surface area contributed by atoms with Crippen molar-refractivity contribution in [3.05, 3.63) is 48.5 Å². The molecule has 2 aromatic rings. The zero-order valence-electron chi connectivity index (χ0n) is 15.0. The third-order valence-corrected chi connectivity index (χ3v) is 5.57. The SMILES string of the molecule is CNC(=O)[C@]12CCCN(c3ncccn3)[C@H]1CN(Cc1ccccn1)C2. The molecule has 2 atom stereocenters. The first-order valence-electron chi connectivity index (χ1n) is 9.11. The fourth-order valence-corrected chi connectivity index (χ4v) is 4.46. The van der Waals surface area contributed by atoms with E-state index in [-0.39, 0.29) is 11.9 Å². The Bertz CT molecular complexity index is 755. The van der Waals surface area contributed by atoms with Crippen LogP contribution in [0.1, 0.15) is 18.5 Å². The van der Waals surface area contributed by atoms with Crippen LogP contribution in [0.2, 0.25) is 0 Å². The summed E-state index contributed by atoms with van der Waals surface area (Å²) in [6, 6.07) is 7.86. The van der Waals surface area contributed by atoms with Crippen LogP contribution in [0.5, 0.6) is 0 Å². The Morgan fingerprint density at radius 3 is 2.77 bits per heavy atom. The number of nitrogens with one attached hydrogen (secondary N) is 1. The number of hydrogen-bond donors (Lipinski definition) is 1. The van der Waals surface area contributed by atoms with Crippen molar-refractivity contribution in [2.24, 2.45) is 5.41 Å². The lowest BCUT2D eigenvalue weighted by molar-refractivity contribution is -0.131. The van der Waals surface area contributed by atoms with Crippen LogP contribution in [0, 0.1) is 5.41 Å². The van der Waals surface area contributed by atoms with E-state index in [1.165, 1.54) is 0 Å². The third kappa shape index (κ3) is 2.92. The molecule has 7 nitrogen and oxygen atoms in total. The molecule has 2 aliphatic heterocycles. The molecule has 0 unspecified atom stereocenters. The molecule has 2 aromatic heterocycles. The second-order valence-corrected chi connectivity index (χ2v) is 7.09. The summed E-state index contributed by atoms with van der Waals surface area (Å²) in [5.74, 6) is 0.830. The van der Waals surface area contributed by atoms with Crippen LogP contribution in [0.3, 0.4) is 0 Å². The zero-order chi connectivity index (χ0) is 18.0. The summed E-state index contributed by atoms with van der Waals surface area (Å²) in [5, 5.41) is 2.90. The molecular formula is C19H24N6O. The molecule has 2 fully saturated rings. The molecule has 0 bridgehead atoms. The highest BCUT2D eigenvalue weighted by Gasteiger charge is 2.55. The molecule has 0 radical (unpaired) electrons. The van der Waals surface area contributed by atoms with Crippen LogP contribution < -0.4 is 10.2 Å². The van der Waals surface area contributed by atoms with E-state index in [0.717, 1.165) is 44.7 Å². The fourth-order valence-electron chi connectivity index (χ4n) is 4.46. The van der Waals surface area contributed by atoms with E-state index in [0.29, 0.717) is 5.95 Å². The van der Waals surface area contributed by atoms with Gasteiger partial charge in [0.05, 0.1) is 17.2 Å². The standard InChI is InChI=1S/C19H24N6O/c1-20-17(26)19-7-4-11-25(18-22-9-5-10-23-18)16(19)13-24(14-19)12-15-6-2-3-8-21-15/h2-3,5-6,8-10,16H,4,7,11-14H2,1H3,(H,20,26)/t16-,19-/m0/s1. The van der Waals surface area contributed by atoms with Crippen LogP contribution in [0.25, 0.3) is 0 Å². The molecule has 0 saturated carbocycles. The van der Waals surface area contributed by atoms with Crippen molar-refractivity contribution in [2.75, 3.05) is 31.6 Å². The van der Waals surface area contributed by atoms with E-state index in [1.807, 2.05) is 30.5 Å². The van der Waals surface area contributed by atoms with Gasteiger partial charge in [0, 0.05) is 51.8 Å². The van der Waals surface area contributed by atoms with E-state index in [2.05, 4.69) is 30.1 Å². The minimum atomic E-state index is -0.430. The number of carbonyl (C=O) groups is 1. The van der Waals surface area contributed by atoms with E-state index < -0.39 is 5.41 Å². The van der Waals surface area contributed by atoms with E-state index in [4.69, 9.17) is 0 Å². The smallest absolute Gasteiger partial charge is 0.229 e. The minimum absolute atomic E-state index is 0.0716. The van der Waals surface area contributed by atoms with E-state index >= 15 is 0 Å². The molecule has 1 amide bonds. The number of likely N-dealkylation sites (tertiary alicyclic amines) is 1. The topological polar surface area (TPSA) is 74.2 Å². The van der Waals surface area contributed by atoms with Gasteiger partial charge in [-0.1, -0.05) is 6.07 Å². The van der Waals surface area contributed by atoms with Crippen LogP contribution in [0.4, 0.5) is 5.95 Å². The Hall–Kier alpha value is -2.54. The average Bonchev–Trinajstić information content (AvgIpc) is 3.08. The number of hydrogen-bond acceptors (Lipinski definition) is 6. The Morgan fingerprint density at radius 1 is 1.23 bits per heavy atom. The molecule has 0 spiro atoms. The summed E-state index contributed by atoms with van der Waals surface area (Å²) in [6.45, 7) is 3.17. The van der Waals surface area contributed by atoms with Gasteiger partial charge in [-0.15, -0.1) is 0 Å². The molecule has 4 heterocycles. The largest absolute Gasteiger partial charge is 0.359 e. The molecule has 2 aliphatic rings. The van der Waals surface area contributed by atoms with Crippen molar-refractivity contribution in [1.29, 1.82) is 0 Å². The van der Waals surface area contributed by atoms with Crippen LogP contribution in [-0.4, -0.2) is 58.5 Å². The molecule has 0 aliphatic carbocycles. The van der Waals surface area contributed by atoms with Gasteiger partial charge in [-0.25, -0.2) is 9.97 Å². The maximum Gasteiger partial charge on any atom is 0.229 e.